The number of aliphatic hydroxyl groups is 1. The quantitative estimate of drug-likeness (QED) is 0.845. The van der Waals surface area contributed by atoms with Gasteiger partial charge in [-0.25, -0.2) is 4.79 Å². The third kappa shape index (κ3) is 3.12. The van der Waals surface area contributed by atoms with Crippen molar-refractivity contribution >= 4 is 6.09 Å². The van der Waals surface area contributed by atoms with E-state index in [0.717, 1.165) is 11.4 Å². The largest absolute Gasteiger partial charge is 0.444 e. The molecule has 1 N–H and O–H groups in total. The van der Waals surface area contributed by atoms with Gasteiger partial charge in [0.25, 0.3) is 0 Å². The van der Waals surface area contributed by atoms with E-state index < -0.39 is 11.7 Å². The molecule has 2 heterocycles. The van der Waals surface area contributed by atoms with Crippen LogP contribution in [-0.2, 0) is 11.8 Å². The lowest BCUT2D eigenvalue weighted by molar-refractivity contribution is 0.0270. The summed E-state index contributed by atoms with van der Waals surface area (Å²) in [5.74, 6) is -0.117. The van der Waals surface area contributed by atoms with E-state index in [1.54, 1.807) is 9.58 Å². The summed E-state index contributed by atoms with van der Waals surface area (Å²) in [6, 6.07) is 1.95. The van der Waals surface area contributed by atoms with Crippen molar-refractivity contribution in [1.29, 1.82) is 0 Å². The Bertz CT molecular complexity index is 504. The third-order valence-corrected chi connectivity index (χ3v) is 3.36. The van der Waals surface area contributed by atoms with Gasteiger partial charge in [-0.3, -0.25) is 4.68 Å². The Balaban J connectivity index is 2.09. The van der Waals surface area contributed by atoms with E-state index in [-0.39, 0.29) is 12.0 Å². The Labute approximate surface area is 119 Å². The second-order valence-corrected chi connectivity index (χ2v) is 6.39. The van der Waals surface area contributed by atoms with Crippen LogP contribution < -0.4 is 0 Å². The zero-order valence-electron chi connectivity index (χ0n) is 12.8. The van der Waals surface area contributed by atoms with Crippen LogP contribution in [0.2, 0.25) is 0 Å². The number of hydrogen-bond acceptors (Lipinski definition) is 4. The van der Waals surface area contributed by atoms with Crippen LogP contribution in [0.25, 0.3) is 0 Å². The van der Waals surface area contributed by atoms with Gasteiger partial charge in [-0.1, -0.05) is 0 Å². The molecule has 0 saturated carbocycles. The molecular weight excluding hydrogens is 258 g/mol. The first-order chi connectivity index (χ1) is 9.17. The van der Waals surface area contributed by atoms with Gasteiger partial charge in [0.2, 0.25) is 0 Å². The molecule has 112 valence electrons. The van der Waals surface area contributed by atoms with E-state index in [4.69, 9.17) is 4.74 Å². The molecule has 0 aliphatic carbocycles. The number of amides is 1. The fraction of sp³-hybridized carbons (Fsp3) is 0.714. The van der Waals surface area contributed by atoms with Gasteiger partial charge in [0, 0.05) is 25.2 Å². The predicted molar refractivity (Wildman–Crippen MR) is 74.5 cm³/mol. The van der Waals surface area contributed by atoms with Crippen LogP contribution in [0.1, 0.15) is 38.1 Å². The fourth-order valence-corrected chi connectivity index (χ4v) is 2.53. The van der Waals surface area contributed by atoms with E-state index in [2.05, 4.69) is 5.10 Å². The number of aryl methyl sites for hydroxylation is 2. The number of carbonyl (C=O) groups excluding carboxylic acids is 1. The van der Waals surface area contributed by atoms with E-state index >= 15 is 0 Å². The van der Waals surface area contributed by atoms with E-state index in [9.17, 15) is 9.90 Å². The number of rotatable bonds is 1. The summed E-state index contributed by atoms with van der Waals surface area (Å²) in [5, 5.41) is 14.5. The number of aromatic nitrogens is 2. The summed E-state index contributed by atoms with van der Waals surface area (Å²) >= 11 is 0. The minimum absolute atomic E-state index is 0.117. The highest BCUT2D eigenvalue weighted by atomic mass is 16.6. The Kier molecular flexibility index (Phi) is 3.77. The number of nitrogens with zero attached hydrogens (tertiary/aromatic N) is 3. The molecule has 1 fully saturated rings. The lowest BCUT2D eigenvalue weighted by Gasteiger charge is -2.24. The maximum absolute atomic E-state index is 12.0. The molecular formula is C14H23N3O3. The average molecular weight is 281 g/mol. The van der Waals surface area contributed by atoms with Gasteiger partial charge in [0.1, 0.15) is 5.60 Å². The summed E-state index contributed by atoms with van der Waals surface area (Å²) in [6.45, 7) is 8.16. The molecule has 6 heteroatoms. The number of hydrogen-bond donors (Lipinski definition) is 1. The highest BCUT2D eigenvalue weighted by molar-refractivity contribution is 5.68. The van der Waals surface area contributed by atoms with Crippen LogP contribution in [0, 0.1) is 6.92 Å². The van der Waals surface area contributed by atoms with Crippen molar-refractivity contribution in [2.24, 2.45) is 7.05 Å². The third-order valence-electron chi connectivity index (χ3n) is 3.36. The van der Waals surface area contributed by atoms with Gasteiger partial charge in [0.05, 0.1) is 18.3 Å². The molecule has 2 atom stereocenters. The Morgan fingerprint density at radius 3 is 2.60 bits per heavy atom. The smallest absolute Gasteiger partial charge is 0.410 e. The molecule has 2 unspecified atom stereocenters. The molecule has 1 aromatic heterocycles. The monoisotopic (exact) mass is 281 g/mol. The SMILES string of the molecule is Cc1cc(C2CN(C(=O)OC(C)(C)C)CC2O)n(C)n1. The van der Waals surface area contributed by atoms with Gasteiger partial charge in [-0.15, -0.1) is 0 Å². The Morgan fingerprint density at radius 1 is 1.45 bits per heavy atom. The molecule has 1 saturated heterocycles. The van der Waals surface area contributed by atoms with E-state index in [1.165, 1.54) is 0 Å². The highest BCUT2D eigenvalue weighted by Crippen LogP contribution is 2.28. The summed E-state index contributed by atoms with van der Waals surface area (Å²) in [5.41, 5.74) is 1.33. The van der Waals surface area contributed by atoms with Crippen LogP contribution in [0.5, 0.6) is 0 Å². The molecule has 1 aromatic rings. The highest BCUT2D eigenvalue weighted by Gasteiger charge is 2.38. The average Bonchev–Trinajstić information content (AvgIpc) is 2.79. The standard InChI is InChI=1S/C14H23N3O3/c1-9-6-11(16(5)15-9)10-7-17(8-12(10)18)13(19)20-14(2,3)4/h6,10,12,18H,7-8H2,1-5H3. The maximum Gasteiger partial charge on any atom is 0.410 e. The minimum atomic E-state index is -0.586. The minimum Gasteiger partial charge on any atom is -0.444 e. The summed E-state index contributed by atoms with van der Waals surface area (Å²) in [7, 11) is 1.85. The van der Waals surface area contributed by atoms with Gasteiger partial charge in [-0.2, -0.15) is 5.10 Å². The zero-order valence-corrected chi connectivity index (χ0v) is 12.8. The molecule has 20 heavy (non-hydrogen) atoms. The second-order valence-electron chi connectivity index (χ2n) is 6.39. The van der Waals surface area contributed by atoms with E-state index in [1.807, 2.05) is 40.8 Å². The first kappa shape index (κ1) is 14.8. The molecule has 0 aromatic carbocycles. The van der Waals surface area contributed by atoms with Crippen LogP contribution in [0.4, 0.5) is 4.79 Å². The Morgan fingerprint density at radius 2 is 2.10 bits per heavy atom. The summed E-state index contributed by atoms with van der Waals surface area (Å²) in [4.78, 5) is 13.6. The second kappa shape index (κ2) is 5.09. The topological polar surface area (TPSA) is 67.6 Å². The van der Waals surface area contributed by atoms with Crippen LogP contribution in [0.15, 0.2) is 6.07 Å². The first-order valence-corrected chi connectivity index (χ1v) is 6.84. The predicted octanol–water partition coefficient (Wildman–Crippen LogP) is 1.42. The van der Waals surface area contributed by atoms with Crippen molar-refractivity contribution in [3.8, 4) is 0 Å². The normalized spacial score (nSPS) is 23.2. The van der Waals surface area contributed by atoms with Crippen LogP contribution in [0.3, 0.4) is 0 Å². The number of aliphatic hydroxyl groups excluding tert-OH is 1. The van der Waals surface area contributed by atoms with Crippen LogP contribution >= 0.6 is 0 Å². The van der Waals surface area contributed by atoms with Gasteiger partial charge >= 0.3 is 6.09 Å². The number of β-amino-alcohol motifs (C(OH)–C–C–N with tert-alkyl or cyclic N) is 1. The fourth-order valence-electron chi connectivity index (χ4n) is 2.53. The number of ether oxygens (including phenoxy) is 1. The molecule has 0 bridgehead atoms. The van der Waals surface area contributed by atoms with Crippen molar-refractivity contribution in [2.45, 2.75) is 45.3 Å². The molecule has 1 aliphatic rings. The molecule has 1 aliphatic heterocycles. The molecule has 2 rings (SSSR count). The van der Waals surface area contributed by atoms with Crippen molar-refractivity contribution < 1.29 is 14.6 Å². The maximum atomic E-state index is 12.0. The van der Waals surface area contributed by atoms with Crippen molar-refractivity contribution in [3.63, 3.8) is 0 Å². The van der Waals surface area contributed by atoms with Gasteiger partial charge in [0.15, 0.2) is 0 Å². The van der Waals surface area contributed by atoms with E-state index in [0.29, 0.717) is 13.1 Å². The van der Waals surface area contributed by atoms with Crippen LogP contribution in [-0.4, -0.2) is 50.7 Å². The summed E-state index contributed by atoms with van der Waals surface area (Å²) in [6.07, 6.45) is -0.963. The number of carbonyl (C=O) groups is 1. The van der Waals surface area contributed by atoms with Crippen molar-refractivity contribution in [2.75, 3.05) is 13.1 Å². The lowest BCUT2D eigenvalue weighted by Crippen LogP contribution is -2.35. The summed E-state index contributed by atoms with van der Waals surface area (Å²) < 4.78 is 7.11. The molecule has 0 radical (unpaired) electrons. The van der Waals surface area contributed by atoms with Crippen molar-refractivity contribution in [3.05, 3.63) is 17.5 Å². The lowest BCUT2D eigenvalue weighted by atomic mass is 10.0. The number of likely N-dealkylation sites (tertiary alicyclic amines) is 1. The van der Waals surface area contributed by atoms with Gasteiger partial charge in [-0.05, 0) is 33.8 Å². The van der Waals surface area contributed by atoms with Crippen molar-refractivity contribution in [1.82, 2.24) is 14.7 Å². The van der Waals surface area contributed by atoms with Gasteiger partial charge < -0.3 is 14.7 Å². The first-order valence-electron chi connectivity index (χ1n) is 6.84. The molecule has 6 nitrogen and oxygen atoms in total. The zero-order chi connectivity index (χ0) is 15.1. The molecule has 1 amide bonds. The Hall–Kier alpha value is -1.56. The molecule has 0 spiro atoms.